The van der Waals surface area contributed by atoms with E-state index >= 15 is 0 Å². The number of hydrogen-bond acceptors (Lipinski definition) is 3. The highest BCUT2D eigenvalue weighted by Crippen LogP contribution is 2.25. The van der Waals surface area contributed by atoms with Crippen LogP contribution in [0.5, 0.6) is 5.75 Å². The summed E-state index contributed by atoms with van der Waals surface area (Å²) in [5, 5.41) is 11.2. The maximum Gasteiger partial charge on any atom is 0.119 e. The van der Waals surface area contributed by atoms with Crippen LogP contribution in [0, 0.1) is 5.92 Å². The third-order valence-electron chi connectivity index (χ3n) is 4.94. The molecular formula is C24H26ClNO2. The molecule has 0 amide bonds. The van der Waals surface area contributed by atoms with Gasteiger partial charge in [-0.15, -0.1) is 0 Å². The molecule has 0 heterocycles. The summed E-state index contributed by atoms with van der Waals surface area (Å²) in [6.45, 7) is 2.60. The van der Waals surface area contributed by atoms with Crippen LogP contribution in [-0.2, 0) is 13.0 Å². The Morgan fingerprint density at radius 1 is 0.929 bits per heavy atom. The summed E-state index contributed by atoms with van der Waals surface area (Å²) in [5.74, 6) is 0.939. The highest BCUT2D eigenvalue weighted by molar-refractivity contribution is 6.30. The molecule has 0 aliphatic rings. The molecule has 3 N–H and O–H groups in total. The van der Waals surface area contributed by atoms with Gasteiger partial charge in [-0.2, -0.15) is 0 Å². The molecule has 3 unspecified atom stereocenters. The van der Waals surface area contributed by atoms with E-state index in [-0.39, 0.29) is 12.0 Å². The molecule has 3 nitrogen and oxygen atoms in total. The molecule has 0 saturated heterocycles. The summed E-state index contributed by atoms with van der Waals surface area (Å²) in [6, 6.07) is 25.0. The third-order valence-corrected chi connectivity index (χ3v) is 5.18. The number of nitrogens with two attached hydrogens (primary N) is 1. The van der Waals surface area contributed by atoms with E-state index in [1.54, 1.807) is 12.1 Å². The van der Waals surface area contributed by atoms with Gasteiger partial charge in [-0.25, -0.2) is 0 Å². The van der Waals surface area contributed by atoms with Crippen LogP contribution in [0.1, 0.15) is 29.7 Å². The quantitative estimate of drug-likeness (QED) is 0.554. The average Bonchev–Trinajstić information content (AvgIpc) is 2.73. The minimum Gasteiger partial charge on any atom is -0.489 e. The van der Waals surface area contributed by atoms with Gasteiger partial charge in [0.1, 0.15) is 12.4 Å². The second kappa shape index (κ2) is 9.74. The molecule has 4 heteroatoms. The van der Waals surface area contributed by atoms with Crippen molar-refractivity contribution in [3.63, 3.8) is 0 Å². The monoisotopic (exact) mass is 395 g/mol. The van der Waals surface area contributed by atoms with Gasteiger partial charge in [0.05, 0.1) is 6.10 Å². The number of rotatable bonds is 8. The molecule has 0 aromatic heterocycles. The van der Waals surface area contributed by atoms with Gasteiger partial charge in [0.15, 0.2) is 0 Å². The minimum atomic E-state index is -0.748. The van der Waals surface area contributed by atoms with Gasteiger partial charge >= 0.3 is 0 Å². The topological polar surface area (TPSA) is 55.5 Å². The van der Waals surface area contributed by atoms with Crippen molar-refractivity contribution in [2.45, 2.75) is 32.1 Å². The summed E-state index contributed by atoms with van der Waals surface area (Å²) in [4.78, 5) is 0. The molecule has 0 aliphatic carbocycles. The smallest absolute Gasteiger partial charge is 0.119 e. The highest BCUT2D eigenvalue weighted by Gasteiger charge is 2.23. The predicted molar refractivity (Wildman–Crippen MR) is 114 cm³/mol. The zero-order valence-corrected chi connectivity index (χ0v) is 16.7. The van der Waals surface area contributed by atoms with Crippen LogP contribution in [0.3, 0.4) is 0 Å². The fraction of sp³-hybridized carbons (Fsp3) is 0.250. The van der Waals surface area contributed by atoms with Crippen LogP contribution >= 0.6 is 11.6 Å². The van der Waals surface area contributed by atoms with Crippen molar-refractivity contribution in [1.29, 1.82) is 0 Å². The zero-order valence-electron chi connectivity index (χ0n) is 16.0. The Labute approximate surface area is 171 Å². The molecule has 28 heavy (non-hydrogen) atoms. The van der Waals surface area contributed by atoms with E-state index < -0.39 is 6.10 Å². The Morgan fingerprint density at radius 2 is 1.64 bits per heavy atom. The summed E-state index contributed by atoms with van der Waals surface area (Å²) < 4.78 is 5.83. The lowest BCUT2D eigenvalue weighted by Crippen LogP contribution is -2.36. The van der Waals surface area contributed by atoms with Crippen LogP contribution in [0.4, 0.5) is 0 Å². The Kier molecular flexibility index (Phi) is 7.10. The van der Waals surface area contributed by atoms with Gasteiger partial charge < -0.3 is 15.6 Å². The van der Waals surface area contributed by atoms with Crippen molar-refractivity contribution in [3.8, 4) is 5.75 Å². The predicted octanol–water partition coefficient (Wildman–Crippen LogP) is 5.16. The highest BCUT2D eigenvalue weighted by atomic mass is 35.5. The molecule has 146 valence electrons. The molecule has 0 aliphatic heterocycles. The van der Waals surface area contributed by atoms with Crippen molar-refractivity contribution >= 4 is 11.6 Å². The fourth-order valence-corrected chi connectivity index (χ4v) is 3.39. The van der Waals surface area contributed by atoms with Crippen LogP contribution in [0.2, 0.25) is 5.02 Å². The van der Waals surface area contributed by atoms with Gasteiger partial charge in [0, 0.05) is 11.1 Å². The lowest BCUT2D eigenvalue weighted by molar-refractivity contribution is 0.121. The van der Waals surface area contributed by atoms with E-state index in [4.69, 9.17) is 22.1 Å². The fourth-order valence-electron chi connectivity index (χ4n) is 3.19. The van der Waals surface area contributed by atoms with Gasteiger partial charge in [0.25, 0.3) is 0 Å². The number of aliphatic hydroxyl groups is 1. The third kappa shape index (κ3) is 5.59. The Morgan fingerprint density at radius 3 is 2.32 bits per heavy atom. The van der Waals surface area contributed by atoms with Crippen molar-refractivity contribution < 1.29 is 9.84 Å². The van der Waals surface area contributed by atoms with Crippen LogP contribution in [0.25, 0.3) is 0 Å². The van der Waals surface area contributed by atoms with Crippen LogP contribution in [0.15, 0.2) is 78.9 Å². The lowest BCUT2D eigenvalue weighted by atomic mass is 9.88. The van der Waals surface area contributed by atoms with Crippen LogP contribution in [-0.4, -0.2) is 11.1 Å². The first kappa shape index (κ1) is 20.4. The van der Waals surface area contributed by atoms with E-state index in [1.165, 1.54) is 0 Å². The average molecular weight is 396 g/mol. The Hall–Kier alpha value is -2.33. The maximum atomic E-state index is 10.6. The molecule has 0 bridgehead atoms. The number of benzene rings is 3. The molecule has 3 atom stereocenters. The van der Waals surface area contributed by atoms with Crippen molar-refractivity contribution in [3.05, 3.63) is 101 Å². The molecule has 3 aromatic rings. The summed E-state index contributed by atoms with van der Waals surface area (Å²) in [5.41, 5.74) is 9.36. The molecule has 0 fully saturated rings. The Balaban J connectivity index is 1.55. The van der Waals surface area contributed by atoms with Crippen molar-refractivity contribution in [2.75, 3.05) is 0 Å². The number of aliphatic hydroxyl groups excluding tert-OH is 1. The first-order valence-corrected chi connectivity index (χ1v) is 9.85. The number of halogens is 1. The SMILES string of the molecule is CC(Cc1ccc(OCc2ccccc2)cc1)C(N)C(O)c1cccc(Cl)c1. The number of ether oxygens (including phenoxy) is 1. The molecule has 0 saturated carbocycles. The molecule has 0 radical (unpaired) electrons. The standard InChI is InChI=1S/C24H26ClNO2/c1-17(23(26)24(27)20-8-5-9-21(25)15-20)14-18-10-12-22(13-11-18)28-16-19-6-3-2-4-7-19/h2-13,15,17,23-24,27H,14,16,26H2,1H3. The summed E-state index contributed by atoms with van der Waals surface area (Å²) >= 11 is 6.02. The van der Waals surface area contributed by atoms with E-state index in [1.807, 2.05) is 54.6 Å². The number of hydrogen-bond donors (Lipinski definition) is 2. The molecule has 0 spiro atoms. The maximum absolute atomic E-state index is 10.6. The second-order valence-corrected chi connectivity index (χ2v) is 7.61. The lowest BCUT2D eigenvalue weighted by Gasteiger charge is -2.25. The van der Waals surface area contributed by atoms with Gasteiger partial charge in [-0.3, -0.25) is 0 Å². The Bertz CT molecular complexity index is 867. The zero-order chi connectivity index (χ0) is 19.9. The van der Waals surface area contributed by atoms with E-state index in [0.717, 1.165) is 28.9 Å². The van der Waals surface area contributed by atoms with E-state index in [2.05, 4.69) is 19.1 Å². The van der Waals surface area contributed by atoms with Gasteiger partial charge in [-0.1, -0.05) is 73.1 Å². The molecule has 3 aromatic carbocycles. The van der Waals surface area contributed by atoms with Gasteiger partial charge in [0.2, 0.25) is 0 Å². The first-order chi connectivity index (χ1) is 13.5. The van der Waals surface area contributed by atoms with Crippen molar-refractivity contribution in [1.82, 2.24) is 0 Å². The molecular weight excluding hydrogens is 370 g/mol. The second-order valence-electron chi connectivity index (χ2n) is 7.18. The molecule has 3 rings (SSSR count). The van der Waals surface area contributed by atoms with E-state index in [9.17, 15) is 5.11 Å². The van der Waals surface area contributed by atoms with Crippen molar-refractivity contribution in [2.24, 2.45) is 11.7 Å². The largest absolute Gasteiger partial charge is 0.489 e. The first-order valence-electron chi connectivity index (χ1n) is 9.47. The van der Waals surface area contributed by atoms with Crippen LogP contribution < -0.4 is 10.5 Å². The summed E-state index contributed by atoms with van der Waals surface area (Å²) in [6.07, 6.45) is 0.0276. The minimum absolute atomic E-state index is 0.102. The van der Waals surface area contributed by atoms with E-state index in [0.29, 0.717) is 11.6 Å². The van der Waals surface area contributed by atoms with Gasteiger partial charge in [-0.05, 0) is 53.3 Å². The normalized spacial score (nSPS) is 14.3. The summed E-state index contributed by atoms with van der Waals surface area (Å²) in [7, 11) is 0.